The zero-order chi connectivity index (χ0) is 21.3. The molecule has 1 aliphatic heterocycles. The van der Waals surface area contributed by atoms with Crippen LogP contribution in [0.25, 0.3) is 0 Å². The number of ketones is 1. The van der Waals surface area contributed by atoms with Crippen molar-refractivity contribution in [3.05, 3.63) is 0 Å². The summed E-state index contributed by atoms with van der Waals surface area (Å²) in [6, 6.07) is 2.46. The normalized spacial score (nSPS) is 51.3. The molecule has 0 aromatic rings. The Morgan fingerprint density at radius 1 is 1.17 bits per heavy atom. The molecule has 0 aromatic carbocycles. The Bertz CT molecular complexity index is 810. The van der Waals surface area contributed by atoms with E-state index in [0.717, 1.165) is 58.0 Å². The van der Waals surface area contributed by atoms with Crippen LogP contribution in [0.1, 0.15) is 71.6 Å². The molecule has 0 radical (unpaired) electrons. The predicted molar refractivity (Wildman–Crippen MR) is 114 cm³/mol. The van der Waals surface area contributed by atoms with E-state index in [1.54, 1.807) is 6.92 Å². The molecule has 5 aliphatic rings. The number of nitrogens with zero attached hydrogens (tertiary/aromatic N) is 1. The molecule has 0 aromatic heterocycles. The van der Waals surface area contributed by atoms with Crippen LogP contribution in [-0.4, -0.2) is 34.9 Å². The molecular weight excluding hydrogens is 446 g/mol. The molecule has 4 aliphatic carbocycles. The summed E-state index contributed by atoms with van der Waals surface area (Å²) >= 11 is 4.18. The minimum Gasteiger partial charge on any atom is -0.463 e. The van der Waals surface area contributed by atoms with Gasteiger partial charge in [0.15, 0.2) is 0 Å². The fraction of sp³-hybridized carbons (Fsp3) is 0.875. The van der Waals surface area contributed by atoms with Gasteiger partial charge in [-0.3, -0.25) is 9.59 Å². The van der Waals surface area contributed by atoms with Crippen molar-refractivity contribution in [1.29, 1.82) is 5.26 Å². The number of hydrogen-bond acceptors (Lipinski definition) is 5. The molecule has 30 heavy (non-hydrogen) atoms. The number of Topliss-reactive ketones (excluding diaryl/α,β-unsaturated/α-hetero) is 1. The van der Waals surface area contributed by atoms with Crippen molar-refractivity contribution < 1.29 is 19.1 Å². The molecule has 1 saturated heterocycles. The lowest BCUT2D eigenvalue weighted by Crippen LogP contribution is -2.64. The van der Waals surface area contributed by atoms with Gasteiger partial charge in [-0.15, -0.1) is 0 Å². The number of nitriles is 1. The zero-order valence-electron chi connectivity index (χ0n) is 18.0. The number of fused-ring (bicyclic) bond motifs is 3. The second-order valence-corrected chi connectivity index (χ2v) is 12.2. The van der Waals surface area contributed by atoms with Gasteiger partial charge in [0.05, 0.1) is 23.1 Å². The summed E-state index contributed by atoms with van der Waals surface area (Å²) in [5.74, 6) is 1.66. The van der Waals surface area contributed by atoms with Crippen molar-refractivity contribution in [2.24, 2.45) is 34.5 Å². The average molecular weight is 478 g/mol. The monoisotopic (exact) mass is 477 g/mol. The third-order valence-electron chi connectivity index (χ3n) is 9.90. The number of alkyl halides is 1. The van der Waals surface area contributed by atoms with Gasteiger partial charge < -0.3 is 9.47 Å². The fourth-order valence-corrected chi connectivity index (χ4v) is 10.2. The Morgan fingerprint density at radius 3 is 2.67 bits per heavy atom. The quantitative estimate of drug-likeness (QED) is 0.439. The van der Waals surface area contributed by atoms with Crippen molar-refractivity contribution in [1.82, 2.24) is 0 Å². The Labute approximate surface area is 187 Å². The summed E-state index contributed by atoms with van der Waals surface area (Å²) in [6.07, 6.45) is 8.40. The lowest BCUT2D eigenvalue weighted by Gasteiger charge is -2.62. The highest BCUT2D eigenvalue weighted by molar-refractivity contribution is 9.10. The first-order valence-electron chi connectivity index (χ1n) is 11.6. The average Bonchev–Trinajstić information content (AvgIpc) is 3.12. The number of carbonyl (C=O) groups is 2. The number of ether oxygens (including phenoxy) is 2. The summed E-state index contributed by atoms with van der Waals surface area (Å²) in [5, 5.41) is 9.67. The van der Waals surface area contributed by atoms with Crippen molar-refractivity contribution in [3.63, 3.8) is 0 Å². The molecule has 5 nitrogen and oxygen atoms in total. The largest absolute Gasteiger partial charge is 0.463 e. The van der Waals surface area contributed by atoms with Crippen LogP contribution in [-0.2, 0) is 19.1 Å². The minimum absolute atomic E-state index is 0.0365. The number of rotatable bonds is 3. The van der Waals surface area contributed by atoms with Gasteiger partial charge in [0, 0.05) is 31.1 Å². The van der Waals surface area contributed by atoms with Crippen molar-refractivity contribution in [2.45, 2.75) is 88.2 Å². The molecule has 5 rings (SSSR count). The fourth-order valence-electron chi connectivity index (χ4n) is 8.94. The maximum Gasteiger partial charge on any atom is 0.302 e. The van der Waals surface area contributed by atoms with Crippen LogP contribution in [0.15, 0.2) is 0 Å². The number of carbonyl (C=O) groups excluding carboxylic acids is 2. The van der Waals surface area contributed by atoms with Crippen LogP contribution in [0, 0.1) is 45.8 Å². The lowest BCUT2D eigenvalue weighted by molar-refractivity contribution is -0.155. The molecule has 4 saturated carbocycles. The van der Waals surface area contributed by atoms with E-state index in [0.29, 0.717) is 24.2 Å². The molecule has 2 bridgehead atoms. The summed E-state index contributed by atoms with van der Waals surface area (Å²) < 4.78 is 11.9. The van der Waals surface area contributed by atoms with E-state index in [-0.39, 0.29) is 45.0 Å². The topological polar surface area (TPSA) is 76.4 Å². The smallest absolute Gasteiger partial charge is 0.302 e. The molecule has 0 spiro atoms. The SMILES string of the molecule is CC(=O)O[C@H]1CC[C@]23CO[C@H](C[C@H]4[C@@H]5CC[C@H](C(C)=O)[C@@]5(CC#N)CC[C@@H]42)[C@@]3(Br)C1. The highest BCUT2D eigenvalue weighted by Gasteiger charge is 2.73. The van der Waals surface area contributed by atoms with Gasteiger partial charge in [-0.25, -0.2) is 0 Å². The molecule has 6 heteroatoms. The van der Waals surface area contributed by atoms with E-state index >= 15 is 0 Å². The molecule has 164 valence electrons. The second-order valence-electron chi connectivity index (χ2n) is 10.8. The molecule has 1 heterocycles. The Balaban J connectivity index is 1.48. The number of esters is 1. The van der Waals surface area contributed by atoms with E-state index in [1.807, 2.05) is 0 Å². The van der Waals surface area contributed by atoms with Gasteiger partial charge in [0.25, 0.3) is 0 Å². The van der Waals surface area contributed by atoms with Crippen LogP contribution in [0.2, 0.25) is 0 Å². The first-order valence-corrected chi connectivity index (χ1v) is 12.4. The summed E-state index contributed by atoms with van der Waals surface area (Å²) in [6.45, 7) is 4.00. The molecule has 9 atom stereocenters. The van der Waals surface area contributed by atoms with Gasteiger partial charge in [0.2, 0.25) is 0 Å². The summed E-state index contributed by atoms with van der Waals surface area (Å²) in [4.78, 5) is 24.1. The minimum atomic E-state index is -0.200. The van der Waals surface area contributed by atoms with Gasteiger partial charge in [-0.2, -0.15) is 5.26 Å². The molecular formula is C24H32BrNO4. The Kier molecular flexibility index (Phi) is 4.91. The Hall–Kier alpha value is -0.930. The number of halogens is 1. The summed E-state index contributed by atoms with van der Waals surface area (Å²) in [5.41, 5.74) is -0.0522. The van der Waals surface area contributed by atoms with Crippen LogP contribution in [0.5, 0.6) is 0 Å². The van der Waals surface area contributed by atoms with Crippen molar-refractivity contribution in [2.75, 3.05) is 6.61 Å². The van der Waals surface area contributed by atoms with E-state index in [2.05, 4.69) is 22.0 Å². The van der Waals surface area contributed by atoms with E-state index in [9.17, 15) is 14.9 Å². The van der Waals surface area contributed by atoms with Gasteiger partial charge in [0.1, 0.15) is 11.9 Å². The third-order valence-corrected chi connectivity index (χ3v) is 11.5. The predicted octanol–water partition coefficient (Wildman–Crippen LogP) is 4.57. The molecule has 5 fully saturated rings. The Morgan fingerprint density at radius 2 is 1.97 bits per heavy atom. The van der Waals surface area contributed by atoms with E-state index in [1.165, 1.54) is 6.92 Å². The maximum absolute atomic E-state index is 12.5. The van der Waals surface area contributed by atoms with Crippen LogP contribution < -0.4 is 0 Å². The van der Waals surface area contributed by atoms with Crippen LogP contribution >= 0.6 is 15.9 Å². The lowest BCUT2D eigenvalue weighted by atomic mass is 9.44. The zero-order valence-corrected chi connectivity index (χ0v) is 19.6. The van der Waals surface area contributed by atoms with Gasteiger partial charge in [-0.05, 0) is 75.0 Å². The molecule has 0 N–H and O–H groups in total. The van der Waals surface area contributed by atoms with Gasteiger partial charge >= 0.3 is 5.97 Å². The van der Waals surface area contributed by atoms with Crippen molar-refractivity contribution >= 4 is 27.7 Å². The number of hydrogen-bond donors (Lipinski definition) is 0. The first kappa shape index (κ1) is 20.9. The highest BCUT2D eigenvalue weighted by atomic mass is 79.9. The highest BCUT2D eigenvalue weighted by Crippen LogP contribution is 2.73. The maximum atomic E-state index is 12.5. The van der Waals surface area contributed by atoms with E-state index in [4.69, 9.17) is 9.47 Å². The molecule has 0 unspecified atom stereocenters. The first-order chi connectivity index (χ1) is 14.3. The summed E-state index contributed by atoms with van der Waals surface area (Å²) in [7, 11) is 0. The van der Waals surface area contributed by atoms with Gasteiger partial charge in [-0.1, -0.05) is 15.9 Å². The standard InChI is InChI=1S/C24H32BrNO4/c1-14(27)18-3-4-19-17-11-21-24(25)12-16(30-15(2)28)5-8-23(24,13-29-21)20(17)6-7-22(18,19)9-10-26/h16-21H,3-9,11-13H2,1-2H3/t16-,17-,18+,19-,20-,21+,22-,23-,24-/m0/s1. The third kappa shape index (κ3) is 2.60. The van der Waals surface area contributed by atoms with Crippen LogP contribution in [0.4, 0.5) is 0 Å². The molecule has 0 amide bonds. The van der Waals surface area contributed by atoms with E-state index < -0.39 is 0 Å². The van der Waals surface area contributed by atoms with Crippen molar-refractivity contribution in [3.8, 4) is 6.07 Å². The van der Waals surface area contributed by atoms with Crippen LogP contribution in [0.3, 0.4) is 0 Å². The second kappa shape index (κ2) is 7.04.